The predicted octanol–water partition coefficient (Wildman–Crippen LogP) is -0.534. The highest BCUT2D eigenvalue weighted by Crippen LogP contribution is 2.14. The van der Waals surface area contributed by atoms with E-state index in [0.29, 0.717) is 13.1 Å². The SMILES string of the molecule is CNC1CCCN(S(=O)(=O)CCS(C)(=O)=O)C1.Cl. The van der Waals surface area contributed by atoms with Crippen LogP contribution in [0.3, 0.4) is 0 Å². The second kappa shape index (κ2) is 7.04. The van der Waals surface area contributed by atoms with Gasteiger partial charge in [-0.15, -0.1) is 12.4 Å². The van der Waals surface area contributed by atoms with Crippen LogP contribution in [0, 0.1) is 0 Å². The van der Waals surface area contributed by atoms with Crippen molar-refractivity contribution in [2.24, 2.45) is 0 Å². The van der Waals surface area contributed by atoms with Crippen LogP contribution in [-0.4, -0.2) is 65.1 Å². The Bertz CT molecular complexity index is 449. The molecule has 1 saturated heterocycles. The second-order valence-electron chi connectivity index (χ2n) is 4.43. The standard InChI is InChI=1S/C9H20N2O4S2.ClH/c1-10-9-4-3-5-11(8-9)17(14,15)7-6-16(2,12)13;/h9-10H,3-8H2,1-2H3;1H. The first-order valence-electron chi connectivity index (χ1n) is 5.57. The summed E-state index contributed by atoms with van der Waals surface area (Å²) in [6, 6.07) is 0.164. The summed E-state index contributed by atoms with van der Waals surface area (Å²) in [6.45, 7) is 0.923. The molecule has 6 nitrogen and oxygen atoms in total. The molecule has 0 radical (unpaired) electrons. The molecule has 0 spiro atoms. The van der Waals surface area contributed by atoms with Crippen LogP contribution in [0.5, 0.6) is 0 Å². The van der Waals surface area contributed by atoms with Crippen LogP contribution >= 0.6 is 12.4 Å². The average Bonchev–Trinajstić information content (AvgIpc) is 2.26. The van der Waals surface area contributed by atoms with E-state index in [1.165, 1.54) is 4.31 Å². The molecule has 0 aromatic carbocycles. The zero-order valence-electron chi connectivity index (χ0n) is 10.6. The number of hydrogen-bond acceptors (Lipinski definition) is 5. The fourth-order valence-corrected chi connectivity index (χ4v) is 4.94. The average molecular weight is 321 g/mol. The van der Waals surface area contributed by atoms with Crippen molar-refractivity contribution in [1.29, 1.82) is 0 Å². The van der Waals surface area contributed by atoms with Crippen molar-refractivity contribution < 1.29 is 16.8 Å². The van der Waals surface area contributed by atoms with E-state index in [9.17, 15) is 16.8 Å². The Balaban J connectivity index is 0.00000289. The van der Waals surface area contributed by atoms with Crippen molar-refractivity contribution in [3.8, 4) is 0 Å². The van der Waals surface area contributed by atoms with Crippen LogP contribution in [-0.2, 0) is 19.9 Å². The van der Waals surface area contributed by atoms with Crippen LogP contribution in [0.15, 0.2) is 0 Å². The Labute approximate surface area is 116 Å². The fourth-order valence-electron chi connectivity index (χ4n) is 1.82. The first kappa shape index (κ1) is 18.1. The molecule has 1 rings (SSSR count). The Morgan fingerprint density at radius 2 is 1.83 bits per heavy atom. The number of halogens is 1. The highest BCUT2D eigenvalue weighted by atomic mass is 35.5. The maximum Gasteiger partial charge on any atom is 0.215 e. The van der Waals surface area contributed by atoms with Gasteiger partial charge >= 0.3 is 0 Å². The van der Waals surface area contributed by atoms with Gasteiger partial charge in [-0.3, -0.25) is 0 Å². The van der Waals surface area contributed by atoms with Gasteiger partial charge < -0.3 is 5.32 Å². The molecule has 0 aliphatic carbocycles. The predicted molar refractivity (Wildman–Crippen MR) is 74.4 cm³/mol. The van der Waals surface area contributed by atoms with Gasteiger partial charge in [-0.05, 0) is 19.9 Å². The number of likely N-dealkylation sites (N-methyl/N-ethyl adjacent to an activating group) is 1. The van der Waals surface area contributed by atoms with E-state index in [1.54, 1.807) is 7.05 Å². The van der Waals surface area contributed by atoms with Crippen LogP contribution in [0.25, 0.3) is 0 Å². The molecule has 0 saturated carbocycles. The zero-order chi connectivity index (χ0) is 13.1. The topological polar surface area (TPSA) is 83.6 Å². The largest absolute Gasteiger partial charge is 0.316 e. The van der Waals surface area contributed by atoms with E-state index in [2.05, 4.69) is 5.32 Å². The molecule has 1 N–H and O–H groups in total. The molecule has 1 heterocycles. The van der Waals surface area contributed by atoms with Crippen molar-refractivity contribution >= 4 is 32.3 Å². The third kappa shape index (κ3) is 5.83. The molecule has 1 fully saturated rings. The van der Waals surface area contributed by atoms with E-state index in [1.807, 2.05) is 0 Å². The van der Waals surface area contributed by atoms with Crippen molar-refractivity contribution in [1.82, 2.24) is 9.62 Å². The molecular formula is C9H21ClN2O4S2. The van der Waals surface area contributed by atoms with Gasteiger partial charge in [0.15, 0.2) is 0 Å². The number of sulfone groups is 1. The Morgan fingerprint density at radius 3 is 2.33 bits per heavy atom. The van der Waals surface area contributed by atoms with Gasteiger partial charge in [0.25, 0.3) is 0 Å². The quantitative estimate of drug-likeness (QED) is 0.736. The van der Waals surface area contributed by atoms with Gasteiger partial charge in [0, 0.05) is 25.4 Å². The summed E-state index contributed by atoms with van der Waals surface area (Å²) in [5.74, 6) is -0.627. The lowest BCUT2D eigenvalue weighted by Gasteiger charge is -2.31. The van der Waals surface area contributed by atoms with Crippen molar-refractivity contribution in [3.05, 3.63) is 0 Å². The molecule has 1 aliphatic rings. The number of nitrogens with zero attached hydrogens (tertiary/aromatic N) is 1. The van der Waals surface area contributed by atoms with E-state index in [4.69, 9.17) is 0 Å². The third-order valence-electron chi connectivity index (χ3n) is 2.90. The minimum atomic E-state index is -3.45. The van der Waals surface area contributed by atoms with Gasteiger partial charge in [-0.1, -0.05) is 0 Å². The van der Waals surface area contributed by atoms with E-state index >= 15 is 0 Å². The minimum absolute atomic E-state index is 0. The molecule has 110 valence electrons. The third-order valence-corrected chi connectivity index (χ3v) is 5.94. The molecule has 0 aromatic rings. The number of nitrogens with one attached hydrogen (secondary N) is 1. The van der Waals surface area contributed by atoms with E-state index in [0.717, 1.165) is 19.1 Å². The lowest BCUT2D eigenvalue weighted by Crippen LogP contribution is -2.48. The lowest BCUT2D eigenvalue weighted by atomic mass is 10.1. The Hall–Kier alpha value is 0.110. The summed E-state index contributed by atoms with van der Waals surface area (Å²) >= 11 is 0. The first-order valence-corrected chi connectivity index (χ1v) is 9.24. The summed E-state index contributed by atoms with van der Waals surface area (Å²) in [6.07, 6.45) is 2.81. The van der Waals surface area contributed by atoms with Crippen LogP contribution < -0.4 is 5.32 Å². The monoisotopic (exact) mass is 320 g/mol. The number of sulfonamides is 1. The highest BCUT2D eigenvalue weighted by molar-refractivity contribution is 7.93. The maximum atomic E-state index is 11.9. The smallest absolute Gasteiger partial charge is 0.215 e. The van der Waals surface area contributed by atoms with Gasteiger partial charge in [0.05, 0.1) is 11.5 Å². The molecule has 1 atom stereocenters. The Morgan fingerprint density at radius 1 is 1.22 bits per heavy atom. The minimum Gasteiger partial charge on any atom is -0.316 e. The normalized spacial score (nSPS) is 22.4. The summed E-state index contributed by atoms with van der Waals surface area (Å²) in [4.78, 5) is 0. The number of rotatable bonds is 5. The van der Waals surface area contributed by atoms with Crippen molar-refractivity contribution in [2.45, 2.75) is 18.9 Å². The summed E-state index contributed by atoms with van der Waals surface area (Å²) < 4.78 is 47.2. The van der Waals surface area contributed by atoms with Crippen molar-refractivity contribution in [2.75, 3.05) is 37.9 Å². The Kier molecular flexibility index (Phi) is 7.09. The molecular weight excluding hydrogens is 300 g/mol. The van der Waals surface area contributed by atoms with Crippen LogP contribution in [0.1, 0.15) is 12.8 Å². The summed E-state index contributed by atoms with van der Waals surface area (Å²) in [5.41, 5.74) is 0. The second-order valence-corrected chi connectivity index (χ2v) is 8.78. The van der Waals surface area contributed by atoms with Crippen LogP contribution in [0.4, 0.5) is 0 Å². The molecule has 1 unspecified atom stereocenters. The molecule has 9 heteroatoms. The summed E-state index contributed by atoms with van der Waals surface area (Å²) in [7, 11) is -4.88. The lowest BCUT2D eigenvalue weighted by molar-refractivity contribution is 0.293. The highest BCUT2D eigenvalue weighted by Gasteiger charge is 2.28. The zero-order valence-corrected chi connectivity index (χ0v) is 13.1. The van der Waals surface area contributed by atoms with Gasteiger partial charge in [-0.25, -0.2) is 21.1 Å². The molecule has 0 aromatic heterocycles. The van der Waals surface area contributed by atoms with E-state index in [-0.39, 0.29) is 30.0 Å². The van der Waals surface area contributed by atoms with Crippen molar-refractivity contribution in [3.63, 3.8) is 0 Å². The number of piperidine rings is 1. The molecule has 1 aliphatic heterocycles. The first-order chi connectivity index (χ1) is 7.74. The fraction of sp³-hybridized carbons (Fsp3) is 1.00. The van der Waals surface area contributed by atoms with E-state index < -0.39 is 19.9 Å². The van der Waals surface area contributed by atoms with Crippen LogP contribution in [0.2, 0.25) is 0 Å². The van der Waals surface area contributed by atoms with Gasteiger partial charge in [-0.2, -0.15) is 0 Å². The molecule has 18 heavy (non-hydrogen) atoms. The molecule has 0 bridgehead atoms. The molecule has 0 amide bonds. The maximum absolute atomic E-state index is 11.9. The van der Waals surface area contributed by atoms with Gasteiger partial charge in [0.1, 0.15) is 9.84 Å². The van der Waals surface area contributed by atoms with Gasteiger partial charge in [0.2, 0.25) is 10.0 Å². The summed E-state index contributed by atoms with van der Waals surface area (Å²) in [5, 5.41) is 3.05. The number of hydrogen-bond donors (Lipinski definition) is 1.